The molecule has 64 valence electrons. The standard InChI is InChI=1S/C4H4N4O4/c5-4-6-2(8-12-4)1(7-11)3(9)10/h11H,(H,9,10)(H2,5,6,8). The molecule has 0 aliphatic carbocycles. The van der Waals surface area contributed by atoms with Crippen molar-refractivity contribution in [3.8, 4) is 0 Å². The van der Waals surface area contributed by atoms with Gasteiger partial charge in [-0.3, -0.25) is 0 Å². The Hall–Kier alpha value is -2.12. The molecule has 0 radical (unpaired) electrons. The highest BCUT2D eigenvalue weighted by Crippen LogP contribution is 1.99. The van der Waals surface area contributed by atoms with Gasteiger partial charge in [0.15, 0.2) is 0 Å². The summed E-state index contributed by atoms with van der Waals surface area (Å²) in [6.45, 7) is 0. The number of nitrogens with two attached hydrogens (primary N) is 1. The van der Waals surface area contributed by atoms with Crippen molar-refractivity contribution in [2.24, 2.45) is 5.16 Å². The number of aromatic nitrogens is 2. The van der Waals surface area contributed by atoms with Crippen LogP contribution in [0.1, 0.15) is 5.82 Å². The predicted molar refractivity (Wildman–Crippen MR) is 34.7 cm³/mol. The number of hydrogen-bond donors (Lipinski definition) is 3. The average Bonchev–Trinajstić information content (AvgIpc) is 2.37. The van der Waals surface area contributed by atoms with Crippen LogP contribution in [-0.4, -0.2) is 32.1 Å². The van der Waals surface area contributed by atoms with Crippen LogP contribution in [0, 0.1) is 0 Å². The van der Waals surface area contributed by atoms with Crippen molar-refractivity contribution in [2.75, 3.05) is 5.73 Å². The minimum absolute atomic E-state index is 0.299. The molecular formula is C4H4N4O4. The first-order valence-corrected chi connectivity index (χ1v) is 2.70. The quantitative estimate of drug-likeness (QED) is 0.293. The highest BCUT2D eigenvalue weighted by Gasteiger charge is 2.19. The molecule has 0 amide bonds. The second kappa shape index (κ2) is 2.86. The monoisotopic (exact) mass is 172 g/mol. The summed E-state index contributed by atoms with van der Waals surface area (Å²) in [6, 6.07) is -0.299. The van der Waals surface area contributed by atoms with Gasteiger partial charge in [0.2, 0.25) is 11.5 Å². The fourth-order valence-electron chi connectivity index (χ4n) is 0.515. The molecule has 0 unspecified atom stereocenters. The van der Waals surface area contributed by atoms with Gasteiger partial charge in [0.1, 0.15) is 0 Å². The molecule has 0 aliphatic rings. The first-order valence-electron chi connectivity index (χ1n) is 2.70. The molecule has 4 N–H and O–H groups in total. The summed E-state index contributed by atoms with van der Waals surface area (Å²) in [6.07, 6.45) is 0. The summed E-state index contributed by atoms with van der Waals surface area (Å²) in [4.78, 5) is 13.6. The Morgan fingerprint density at radius 1 is 1.67 bits per heavy atom. The predicted octanol–water partition coefficient (Wildman–Crippen LogP) is -1.09. The number of carboxylic acids is 1. The van der Waals surface area contributed by atoms with Gasteiger partial charge in [0.25, 0.3) is 0 Å². The molecule has 0 aromatic carbocycles. The number of aliphatic carboxylic acids is 1. The second-order valence-corrected chi connectivity index (χ2v) is 1.71. The maximum absolute atomic E-state index is 10.3. The van der Waals surface area contributed by atoms with Crippen LogP contribution in [0.2, 0.25) is 0 Å². The number of anilines is 1. The van der Waals surface area contributed by atoms with Crippen LogP contribution < -0.4 is 5.73 Å². The van der Waals surface area contributed by atoms with E-state index in [2.05, 4.69) is 19.8 Å². The SMILES string of the molecule is Nc1nc(C(=NO)C(=O)O)no1. The lowest BCUT2D eigenvalue weighted by Crippen LogP contribution is -2.16. The van der Waals surface area contributed by atoms with E-state index in [0.717, 1.165) is 0 Å². The molecule has 0 fully saturated rings. The Morgan fingerprint density at radius 3 is 2.67 bits per heavy atom. The normalized spacial score (nSPS) is 11.5. The third kappa shape index (κ3) is 1.31. The Labute approximate surface area is 65.3 Å². The smallest absolute Gasteiger partial charge is 0.362 e. The van der Waals surface area contributed by atoms with Crippen LogP contribution >= 0.6 is 0 Å². The highest BCUT2D eigenvalue weighted by atomic mass is 16.5. The molecule has 1 heterocycles. The number of hydrogen-bond acceptors (Lipinski definition) is 7. The lowest BCUT2D eigenvalue weighted by molar-refractivity contribution is -0.129. The third-order valence-electron chi connectivity index (χ3n) is 0.956. The minimum atomic E-state index is -1.47. The molecule has 0 spiro atoms. The zero-order chi connectivity index (χ0) is 9.14. The molecule has 0 bridgehead atoms. The molecule has 0 saturated carbocycles. The van der Waals surface area contributed by atoms with E-state index in [1.807, 2.05) is 0 Å². The van der Waals surface area contributed by atoms with Crippen molar-refractivity contribution in [2.45, 2.75) is 0 Å². The number of nitrogen functional groups attached to an aromatic ring is 1. The van der Waals surface area contributed by atoms with Gasteiger partial charge in [0, 0.05) is 0 Å². The Balaban J connectivity index is 3.04. The molecular weight excluding hydrogens is 168 g/mol. The molecule has 1 aromatic rings. The highest BCUT2D eigenvalue weighted by molar-refractivity contribution is 6.41. The summed E-state index contributed by atoms with van der Waals surface area (Å²) in [5, 5.41) is 22.2. The number of carbonyl (C=O) groups is 1. The van der Waals surface area contributed by atoms with Gasteiger partial charge in [0.05, 0.1) is 0 Å². The van der Waals surface area contributed by atoms with Gasteiger partial charge in [-0.25, -0.2) is 4.79 Å². The second-order valence-electron chi connectivity index (χ2n) is 1.71. The van der Waals surface area contributed by atoms with Crippen molar-refractivity contribution < 1.29 is 19.6 Å². The van der Waals surface area contributed by atoms with Crippen molar-refractivity contribution in [1.29, 1.82) is 0 Å². The van der Waals surface area contributed by atoms with E-state index in [1.165, 1.54) is 0 Å². The summed E-state index contributed by atoms with van der Waals surface area (Å²) < 4.78 is 4.26. The average molecular weight is 172 g/mol. The first-order chi connectivity index (χ1) is 5.65. The number of carboxylic acid groups (broad SMARTS) is 1. The van der Waals surface area contributed by atoms with Crippen LogP contribution in [-0.2, 0) is 4.79 Å². The first kappa shape index (κ1) is 7.98. The molecule has 0 saturated heterocycles. The Morgan fingerprint density at radius 2 is 2.33 bits per heavy atom. The third-order valence-corrected chi connectivity index (χ3v) is 0.956. The van der Waals surface area contributed by atoms with Crippen molar-refractivity contribution in [3.05, 3.63) is 5.82 Å². The van der Waals surface area contributed by atoms with Crippen LogP contribution in [0.3, 0.4) is 0 Å². The van der Waals surface area contributed by atoms with Gasteiger partial charge in [-0.15, -0.1) is 0 Å². The maximum Gasteiger partial charge on any atom is 0.362 e. The molecule has 1 aromatic heterocycles. The summed E-state index contributed by atoms with van der Waals surface area (Å²) in [5.74, 6) is -1.85. The van der Waals surface area contributed by atoms with Crippen LogP contribution in [0.25, 0.3) is 0 Å². The summed E-state index contributed by atoms with van der Waals surface area (Å²) in [5.41, 5.74) is 4.27. The van der Waals surface area contributed by atoms with Crippen LogP contribution in [0.5, 0.6) is 0 Å². The van der Waals surface area contributed by atoms with Crippen molar-refractivity contribution in [3.63, 3.8) is 0 Å². The summed E-state index contributed by atoms with van der Waals surface area (Å²) >= 11 is 0. The van der Waals surface area contributed by atoms with E-state index in [9.17, 15) is 4.79 Å². The van der Waals surface area contributed by atoms with Crippen molar-refractivity contribution >= 4 is 17.7 Å². The van der Waals surface area contributed by atoms with E-state index >= 15 is 0 Å². The van der Waals surface area contributed by atoms with Gasteiger partial charge >= 0.3 is 12.0 Å². The molecule has 0 aliphatic heterocycles. The Kier molecular flexibility index (Phi) is 1.90. The van der Waals surface area contributed by atoms with E-state index in [-0.39, 0.29) is 11.8 Å². The lowest BCUT2D eigenvalue weighted by Gasteiger charge is -1.87. The topological polar surface area (TPSA) is 135 Å². The van der Waals surface area contributed by atoms with Gasteiger partial charge in [-0.05, 0) is 0 Å². The van der Waals surface area contributed by atoms with Crippen LogP contribution in [0.4, 0.5) is 6.01 Å². The van der Waals surface area contributed by atoms with E-state index in [0.29, 0.717) is 0 Å². The molecule has 8 nitrogen and oxygen atoms in total. The van der Waals surface area contributed by atoms with E-state index in [4.69, 9.17) is 16.0 Å². The van der Waals surface area contributed by atoms with E-state index < -0.39 is 11.7 Å². The zero-order valence-corrected chi connectivity index (χ0v) is 5.63. The zero-order valence-electron chi connectivity index (χ0n) is 5.63. The summed E-state index contributed by atoms with van der Waals surface area (Å²) in [7, 11) is 0. The lowest BCUT2D eigenvalue weighted by atomic mass is 10.4. The van der Waals surface area contributed by atoms with Crippen LogP contribution in [0.15, 0.2) is 9.68 Å². The molecule has 8 heteroatoms. The fraction of sp³-hybridized carbons (Fsp3) is 0. The van der Waals surface area contributed by atoms with Gasteiger partial charge in [-0.2, -0.15) is 4.98 Å². The minimum Gasteiger partial charge on any atom is -0.476 e. The maximum atomic E-state index is 10.3. The van der Waals surface area contributed by atoms with Gasteiger partial charge in [-0.1, -0.05) is 10.3 Å². The molecule has 12 heavy (non-hydrogen) atoms. The van der Waals surface area contributed by atoms with E-state index in [1.54, 1.807) is 0 Å². The molecule has 1 rings (SSSR count). The Bertz CT molecular complexity index is 330. The molecule has 0 atom stereocenters. The fourth-order valence-corrected chi connectivity index (χ4v) is 0.515. The number of rotatable bonds is 2. The number of oxime groups is 1. The largest absolute Gasteiger partial charge is 0.476 e. The van der Waals surface area contributed by atoms with Gasteiger partial charge < -0.3 is 20.6 Å². The van der Waals surface area contributed by atoms with Crippen molar-refractivity contribution in [1.82, 2.24) is 10.1 Å². The number of nitrogens with zero attached hydrogens (tertiary/aromatic N) is 3.